The second kappa shape index (κ2) is 11.0. The Kier molecular flexibility index (Phi) is 8.89. The van der Waals surface area contributed by atoms with Gasteiger partial charge in [-0.15, -0.1) is 0 Å². The number of hydrogen-bond acceptors (Lipinski definition) is 8. The summed E-state index contributed by atoms with van der Waals surface area (Å²) in [5.41, 5.74) is -1.24. The van der Waals surface area contributed by atoms with Crippen molar-refractivity contribution in [1.82, 2.24) is 0 Å². The normalized spacial score (nSPS) is 25.2. The van der Waals surface area contributed by atoms with Gasteiger partial charge < -0.3 is 24.1 Å². The number of Topliss-reactive ketones (excluding diaryl/α,β-unsaturated/α-hetero) is 1. The highest BCUT2D eigenvalue weighted by atomic mass is 16.5. The summed E-state index contributed by atoms with van der Waals surface area (Å²) in [4.78, 5) is 39.4. The third kappa shape index (κ3) is 6.25. The van der Waals surface area contributed by atoms with Crippen molar-refractivity contribution in [2.24, 2.45) is 23.7 Å². The van der Waals surface area contributed by atoms with Crippen molar-refractivity contribution < 1.29 is 38.4 Å². The number of hydrogen-bond donors (Lipinski definition) is 1. The molecular weight excluding hydrogens is 428 g/mol. The summed E-state index contributed by atoms with van der Waals surface area (Å²) in [6.07, 6.45) is -0.361. The first-order valence-corrected chi connectivity index (χ1v) is 11.2. The summed E-state index contributed by atoms with van der Waals surface area (Å²) in [5.74, 6) is -4.32. The van der Waals surface area contributed by atoms with Gasteiger partial charge in [0.1, 0.15) is 5.92 Å². The zero-order chi connectivity index (χ0) is 24.9. The highest BCUT2D eigenvalue weighted by molar-refractivity contribution is 6.02. The van der Waals surface area contributed by atoms with E-state index in [1.807, 2.05) is 27.7 Å². The van der Waals surface area contributed by atoms with Crippen molar-refractivity contribution in [3.8, 4) is 11.5 Å². The van der Waals surface area contributed by atoms with Gasteiger partial charge in [-0.3, -0.25) is 14.4 Å². The third-order valence-corrected chi connectivity index (χ3v) is 5.69. The fourth-order valence-corrected chi connectivity index (χ4v) is 4.15. The average molecular weight is 465 g/mol. The van der Waals surface area contributed by atoms with Crippen LogP contribution in [-0.2, 0) is 23.9 Å². The van der Waals surface area contributed by atoms with Gasteiger partial charge in [0.05, 0.1) is 39.0 Å². The Morgan fingerprint density at radius 1 is 1.00 bits per heavy atom. The number of aliphatic hydroxyl groups is 1. The van der Waals surface area contributed by atoms with Gasteiger partial charge in [-0.25, -0.2) is 0 Å². The lowest BCUT2D eigenvalue weighted by Crippen LogP contribution is -2.55. The van der Waals surface area contributed by atoms with Crippen LogP contribution in [0.1, 0.15) is 52.5 Å². The van der Waals surface area contributed by atoms with Crippen molar-refractivity contribution >= 4 is 17.7 Å². The van der Waals surface area contributed by atoms with E-state index in [1.165, 1.54) is 21.1 Å². The van der Waals surface area contributed by atoms with Crippen LogP contribution in [0.25, 0.3) is 0 Å². The Labute approximate surface area is 195 Å². The fraction of sp³-hybridized carbons (Fsp3) is 0.640. The molecule has 0 radical (unpaired) electrons. The maximum atomic E-state index is 13.2. The topological polar surface area (TPSA) is 108 Å². The molecule has 1 N–H and O–H groups in total. The molecule has 1 aromatic rings. The monoisotopic (exact) mass is 464 g/mol. The molecule has 0 spiro atoms. The molecule has 2 rings (SSSR count). The molecule has 33 heavy (non-hydrogen) atoms. The fourth-order valence-electron chi connectivity index (χ4n) is 4.15. The van der Waals surface area contributed by atoms with Gasteiger partial charge in [0, 0.05) is 12.3 Å². The quantitative estimate of drug-likeness (QED) is 0.439. The molecule has 1 aliphatic carbocycles. The maximum Gasteiger partial charge on any atom is 0.317 e. The SMILES string of the molecule is COc1ccc([C@@H]2[C@H](C(=O)OCC(C)C)C(=O)C[C@](C)(O)[C@@H]2C(=O)OCC(C)C)cc1OC. The lowest BCUT2D eigenvalue weighted by molar-refractivity contribution is -0.173. The minimum Gasteiger partial charge on any atom is -0.493 e. The third-order valence-electron chi connectivity index (χ3n) is 5.69. The molecule has 0 amide bonds. The second-order valence-corrected chi connectivity index (χ2v) is 9.64. The van der Waals surface area contributed by atoms with E-state index in [0.29, 0.717) is 17.1 Å². The van der Waals surface area contributed by atoms with Gasteiger partial charge in [0.25, 0.3) is 0 Å². The lowest BCUT2D eigenvalue weighted by atomic mass is 9.61. The highest BCUT2D eigenvalue weighted by Crippen LogP contribution is 2.48. The van der Waals surface area contributed by atoms with E-state index in [4.69, 9.17) is 18.9 Å². The molecular formula is C25H36O8. The first-order valence-electron chi connectivity index (χ1n) is 11.2. The van der Waals surface area contributed by atoms with E-state index >= 15 is 0 Å². The molecule has 1 aromatic carbocycles. The largest absolute Gasteiger partial charge is 0.493 e. The molecule has 1 fully saturated rings. The molecule has 0 unspecified atom stereocenters. The van der Waals surface area contributed by atoms with Gasteiger partial charge in [-0.2, -0.15) is 0 Å². The van der Waals surface area contributed by atoms with E-state index in [1.54, 1.807) is 18.2 Å². The van der Waals surface area contributed by atoms with E-state index < -0.39 is 41.1 Å². The van der Waals surface area contributed by atoms with Gasteiger partial charge >= 0.3 is 11.9 Å². The van der Waals surface area contributed by atoms with E-state index in [9.17, 15) is 19.5 Å². The number of esters is 2. The van der Waals surface area contributed by atoms with Crippen LogP contribution in [0.4, 0.5) is 0 Å². The van der Waals surface area contributed by atoms with Crippen LogP contribution >= 0.6 is 0 Å². The second-order valence-electron chi connectivity index (χ2n) is 9.64. The first kappa shape index (κ1) is 26.6. The van der Waals surface area contributed by atoms with Crippen LogP contribution in [0.3, 0.4) is 0 Å². The van der Waals surface area contributed by atoms with Crippen LogP contribution in [0.2, 0.25) is 0 Å². The van der Waals surface area contributed by atoms with Crippen LogP contribution in [-0.4, -0.2) is 55.9 Å². The van der Waals surface area contributed by atoms with Crippen LogP contribution in [0.5, 0.6) is 11.5 Å². The zero-order valence-electron chi connectivity index (χ0n) is 20.5. The van der Waals surface area contributed by atoms with Crippen LogP contribution < -0.4 is 9.47 Å². The Bertz CT molecular complexity index is 858. The maximum absolute atomic E-state index is 13.2. The first-order chi connectivity index (χ1) is 15.4. The summed E-state index contributed by atoms with van der Waals surface area (Å²) >= 11 is 0. The molecule has 0 saturated heterocycles. The molecule has 0 aromatic heterocycles. The predicted molar refractivity (Wildman–Crippen MR) is 121 cm³/mol. The molecule has 1 aliphatic rings. The van der Waals surface area contributed by atoms with Crippen LogP contribution in [0.15, 0.2) is 18.2 Å². The number of carbonyl (C=O) groups excluding carboxylic acids is 3. The molecule has 0 heterocycles. The van der Waals surface area contributed by atoms with Crippen molar-refractivity contribution in [2.45, 2.75) is 52.6 Å². The Balaban J connectivity index is 2.61. The minimum absolute atomic E-state index is 0.0714. The highest BCUT2D eigenvalue weighted by Gasteiger charge is 2.57. The Morgan fingerprint density at radius 2 is 1.55 bits per heavy atom. The summed E-state index contributed by atoms with van der Waals surface area (Å²) in [5, 5.41) is 11.2. The molecule has 8 heteroatoms. The molecule has 1 saturated carbocycles. The number of rotatable bonds is 9. The molecule has 0 bridgehead atoms. The number of methoxy groups -OCH3 is 2. The summed E-state index contributed by atoms with van der Waals surface area (Å²) in [7, 11) is 2.96. The minimum atomic E-state index is -1.71. The molecule has 0 aliphatic heterocycles. The average Bonchev–Trinajstić information content (AvgIpc) is 2.74. The van der Waals surface area contributed by atoms with Crippen LogP contribution in [0, 0.1) is 23.7 Å². The van der Waals surface area contributed by atoms with Gasteiger partial charge in [-0.1, -0.05) is 33.8 Å². The van der Waals surface area contributed by atoms with Gasteiger partial charge in [-0.05, 0) is 36.5 Å². The smallest absolute Gasteiger partial charge is 0.317 e. The number of ether oxygens (including phenoxy) is 4. The van der Waals surface area contributed by atoms with Crippen molar-refractivity contribution in [2.75, 3.05) is 27.4 Å². The molecule has 4 atom stereocenters. The summed E-state index contributed by atoms with van der Waals surface area (Å²) in [6.45, 7) is 9.29. The number of ketones is 1. The van der Waals surface area contributed by atoms with Gasteiger partial charge in [0.2, 0.25) is 0 Å². The molecule has 184 valence electrons. The number of carbonyl (C=O) groups is 3. The summed E-state index contributed by atoms with van der Waals surface area (Å²) in [6, 6.07) is 4.91. The van der Waals surface area contributed by atoms with E-state index in [0.717, 1.165) is 0 Å². The lowest BCUT2D eigenvalue weighted by Gasteiger charge is -2.43. The van der Waals surface area contributed by atoms with Crippen molar-refractivity contribution in [1.29, 1.82) is 0 Å². The zero-order valence-corrected chi connectivity index (χ0v) is 20.5. The predicted octanol–water partition coefficient (Wildman–Crippen LogP) is 3.14. The van der Waals surface area contributed by atoms with Crippen molar-refractivity contribution in [3.63, 3.8) is 0 Å². The van der Waals surface area contributed by atoms with E-state index in [2.05, 4.69) is 0 Å². The Morgan fingerprint density at radius 3 is 2.06 bits per heavy atom. The Hall–Kier alpha value is -2.61. The summed E-state index contributed by atoms with van der Waals surface area (Å²) < 4.78 is 21.6. The molecule has 8 nitrogen and oxygen atoms in total. The van der Waals surface area contributed by atoms with E-state index in [-0.39, 0.29) is 31.5 Å². The standard InChI is InChI=1S/C25H36O8/c1-14(2)12-32-23(27)21-17(26)11-25(5,29)22(24(28)33-13-15(3)4)20(21)16-8-9-18(30-6)19(10-16)31-7/h8-10,14-15,20-22,29H,11-13H2,1-7H3/t20-,21-,22+,25+/m1/s1. The number of benzene rings is 1. The van der Waals surface area contributed by atoms with Crippen molar-refractivity contribution in [3.05, 3.63) is 23.8 Å². The van der Waals surface area contributed by atoms with Gasteiger partial charge in [0.15, 0.2) is 17.3 Å².